The maximum absolute atomic E-state index is 12.1. The first-order valence-corrected chi connectivity index (χ1v) is 7.26. The van der Waals surface area contributed by atoms with E-state index in [1.165, 1.54) is 0 Å². The normalized spacial score (nSPS) is 17.7. The zero-order valence-corrected chi connectivity index (χ0v) is 12.1. The van der Waals surface area contributed by atoms with Crippen molar-refractivity contribution in [3.05, 3.63) is 54.6 Å². The Hall–Kier alpha value is -2.37. The van der Waals surface area contributed by atoms with E-state index < -0.39 is 0 Å². The molecule has 0 aromatic heterocycles. The predicted molar refractivity (Wildman–Crippen MR) is 84.2 cm³/mol. The first kappa shape index (κ1) is 14.6. The fraction of sp³-hybridized carbons (Fsp3) is 0.235. The summed E-state index contributed by atoms with van der Waals surface area (Å²) >= 11 is 0. The Kier molecular flexibility index (Phi) is 4.68. The van der Waals surface area contributed by atoms with E-state index in [-0.39, 0.29) is 11.9 Å². The average Bonchev–Trinajstić information content (AvgIpc) is 2.57. The topological polar surface area (TPSA) is 59.6 Å². The molecule has 2 aromatic carbocycles. The van der Waals surface area contributed by atoms with Gasteiger partial charge < -0.3 is 20.1 Å². The summed E-state index contributed by atoms with van der Waals surface area (Å²) in [5, 5.41) is 6.00. The Morgan fingerprint density at radius 2 is 1.95 bits per heavy atom. The van der Waals surface area contributed by atoms with Gasteiger partial charge in [0, 0.05) is 18.3 Å². The summed E-state index contributed by atoms with van der Waals surface area (Å²) in [6.45, 7) is 1.73. The molecule has 0 aliphatic carbocycles. The Morgan fingerprint density at radius 3 is 2.73 bits per heavy atom. The smallest absolute Gasteiger partial charge is 0.243 e. The molecule has 1 amide bonds. The second-order valence-corrected chi connectivity index (χ2v) is 5.01. The molecule has 5 heteroatoms. The van der Waals surface area contributed by atoms with Crippen LogP contribution in [0, 0.1) is 0 Å². The highest BCUT2D eigenvalue weighted by molar-refractivity contribution is 5.95. The number of anilines is 1. The fourth-order valence-electron chi connectivity index (χ4n) is 2.23. The van der Waals surface area contributed by atoms with Gasteiger partial charge in [-0.15, -0.1) is 0 Å². The van der Waals surface area contributed by atoms with E-state index >= 15 is 0 Å². The van der Waals surface area contributed by atoms with Crippen molar-refractivity contribution in [1.29, 1.82) is 0 Å². The van der Waals surface area contributed by atoms with Gasteiger partial charge in [0.05, 0.1) is 13.2 Å². The Labute approximate surface area is 129 Å². The molecule has 0 spiro atoms. The van der Waals surface area contributed by atoms with E-state index in [9.17, 15) is 4.79 Å². The lowest BCUT2D eigenvalue weighted by Crippen LogP contribution is -2.48. The number of benzene rings is 2. The van der Waals surface area contributed by atoms with Crippen molar-refractivity contribution in [1.82, 2.24) is 5.32 Å². The van der Waals surface area contributed by atoms with Gasteiger partial charge in [-0.25, -0.2) is 0 Å². The van der Waals surface area contributed by atoms with Gasteiger partial charge in [-0.1, -0.05) is 24.3 Å². The summed E-state index contributed by atoms with van der Waals surface area (Å²) in [5.74, 6) is 1.33. The highest BCUT2D eigenvalue weighted by Gasteiger charge is 2.21. The van der Waals surface area contributed by atoms with Gasteiger partial charge in [-0.3, -0.25) is 4.79 Å². The van der Waals surface area contributed by atoms with Gasteiger partial charge in [-0.05, 0) is 24.3 Å². The number of morpholine rings is 1. The van der Waals surface area contributed by atoms with Crippen molar-refractivity contribution in [3.8, 4) is 11.5 Å². The van der Waals surface area contributed by atoms with Crippen molar-refractivity contribution in [2.45, 2.75) is 6.04 Å². The molecule has 5 nitrogen and oxygen atoms in total. The van der Waals surface area contributed by atoms with Crippen LogP contribution in [0.25, 0.3) is 0 Å². The van der Waals surface area contributed by atoms with Crippen LogP contribution in [0.4, 0.5) is 5.69 Å². The number of rotatable bonds is 4. The minimum Gasteiger partial charge on any atom is -0.457 e. The molecule has 114 valence electrons. The van der Waals surface area contributed by atoms with Crippen molar-refractivity contribution in [2.75, 3.05) is 25.1 Å². The summed E-state index contributed by atoms with van der Waals surface area (Å²) in [6.07, 6.45) is 0. The van der Waals surface area contributed by atoms with E-state index in [1.54, 1.807) is 6.07 Å². The third kappa shape index (κ3) is 3.84. The van der Waals surface area contributed by atoms with Gasteiger partial charge in [0.15, 0.2) is 0 Å². The molecule has 1 aliphatic rings. The molecule has 2 aromatic rings. The zero-order chi connectivity index (χ0) is 15.2. The minimum atomic E-state index is -0.313. The highest BCUT2D eigenvalue weighted by atomic mass is 16.5. The van der Waals surface area contributed by atoms with Crippen molar-refractivity contribution in [2.24, 2.45) is 0 Å². The van der Waals surface area contributed by atoms with Crippen LogP contribution in [0.15, 0.2) is 54.6 Å². The largest absolute Gasteiger partial charge is 0.457 e. The number of nitrogens with one attached hydrogen (secondary N) is 2. The van der Waals surface area contributed by atoms with E-state index in [1.807, 2.05) is 48.5 Å². The van der Waals surface area contributed by atoms with Crippen LogP contribution in [0.2, 0.25) is 0 Å². The van der Waals surface area contributed by atoms with E-state index in [4.69, 9.17) is 9.47 Å². The highest BCUT2D eigenvalue weighted by Crippen LogP contribution is 2.23. The predicted octanol–water partition coefficient (Wildman–Crippen LogP) is 2.41. The van der Waals surface area contributed by atoms with Crippen LogP contribution in [0.5, 0.6) is 11.5 Å². The molecule has 1 saturated heterocycles. The second kappa shape index (κ2) is 7.06. The SMILES string of the molecule is O=C(Nc1cccc(Oc2ccccc2)c1)[C@H]1COCCN1. The van der Waals surface area contributed by atoms with E-state index in [0.717, 1.165) is 5.75 Å². The number of carbonyl (C=O) groups excluding carboxylic acids is 1. The molecule has 1 aliphatic heterocycles. The molecular formula is C17H18N2O3. The van der Waals surface area contributed by atoms with Crippen LogP contribution in [-0.4, -0.2) is 31.7 Å². The molecule has 0 radical (unpaired) electrons. The van der Waals surface area contributed by atoms with Gasteiger partial charge in [0.25, 0.3) is 0 Å². The number of amides is 1. The number of carbonyl (C=O) groups is 1. The Morgan fingerprint density at radius 1 is 1.14 bits per heavy atom. The van der Waals surface area contributed by atoms with Crippen LogP contribution in [0.3, 0.4) is 0 Å². The maximum Gasteiger partial charge on any atom is 0.243 e. The quantitative estimate of drug-likeness (QED) is 0.910. The van der Waals surface area contributed by atoms with Crippen molar-refractivity contribution >= 4 is 11.6 Å². The molecule has 1 fully saturated rings. The minimum absolute atomic E-state index is 0.100. The molecule has 3 rings (SSSR count). The first-order chi connectivity index (χ1) is 10.8. The first-order valence-electron chi connectivity index (χ1n) is 7.26. The lowest BCUT2D eigenvalue weighted by atomic mass is 10.2. The Balaban J connectivity index is 1.64. The van der Waals surface area contributed by atoms with Gasteiger partial charge in [0.2, 0.25) is 5.91 Å². The van der Waals surface area contributed by atoms with Crippen molar-refractivity contribution in [3.63, 3.8) is 0 Å². The summed E-state index contributed by atoms with van der Waals surface area (Å²) in [5.41, 5.74) is 0.700. The summed E-state index contributed by atoms with van der Waals surface area (Å²) < 4.78 is 11.1. The van der Waals surface area contributed by atoms with Crippen LogP contribution in [-0.2, 0) is 9.53 Å². The van der Waals surface area contributed by atoms with E-state index in [0.29, 0.717) is 31.2 Å². The third-order valence-corrected chi connectivity index (χ3v) is 3.32. The van der Waals surface area contributed by atoms with Crippen LogP contribution >= 0.6 is 0 Å². The number of ether oxygens (including phenoxy) is 2. The molecule has 0 saturated carbocycles. The molecular weight excluding hydrogens is 280 g/mol. The molecule has 0 bridgehead atoms. The van der Waals surface area contributed by atoms with Crippen LogP contribution < -0.4 is 15.4 Å². The monoisotopic (exact) mass is 298 g/mol. The number of hydrogen-bond acceptors (Lipinski definition) is 4. The Bertz CT molecular complexity index is 625. The number of hydrogen-bond donors (Lipinski definition) is 2. The second-order valence-electron chi connectivity index (χ2n) is 5.01. The molecule has 1 atom stereocenters. The van der Waals surface area contributed by atoms with E-state index in [2.05, 4.69) is 10.6 Å². The third-order valence-electron chi connectivity index (χ3n) is 3.32. The lowest BCUT2D eigenvalue weighted by molar-refractivity contribution is -0.120. The molecule has 22 heavy (non-hydrogen) atoms. The fourth-order valence-corrected chi connectivity index (χ4v) is 2.23. The van der Waals surface area contributed by atoms with Gasteiger partial charge in [-0.2, -0.15) is 0 Å². The molecule has 0 unspecified atom stereocenters. The standard InChI is InChI=1S/C17H18N2O3/c20-17(16-12-21-10-9-18-16)19-13-5-4-8-15(11-13)22-14-6-2-1-3-7-14/h1-8,11,16,18H,9-10,12H2,(H,19,20)/t16-/m1/s1. The van der Waals surface area contributed by atoms with Crippen molar-refractivity contribution < 1.29 is 14.3 Å². The van der Waals surface area contributed by atoms with Gasteiger partial charge in [0.1, 0.15) is 17.5 Å². The number of para-hydroxylation sites is 1. The lowest BCUT2D eigenvalue weighted by Gasteiger charge is -2.22. The summed E-state index contributed by atoms with van der Waals surface area (Å²) in [6, 6.07) is 16.5. The summed E-state index contributed by atoms with van der Waals surface area (Å²) in [7, 11) is 0. The van der Waals surface area contributed by atoms with Crippen LogP contribution in [0.1, 0.15) is 0 Å². The average molecular weight is 298 g/mol. The maximum atomic E-state index is 12.1. The van der Waals surface area contributed by atoms with Gasteiger partial charge >= 0.3 is 0 Å². The molecule has 1 heterocycles. The zero-order valence-electron chi connectivity index (χ0n) is 12.1. The summed E-state index contributed by atoms with van der Waals surface area (Å²) in [4.78, 5) is 12.1. The molecule has 2 N–H and O–H groups in total.